The predicted molar refractivity (Wildman–Crippen MR) is 75.9 cm³/mol. The number of nitrogens with two attached hydrogens (primary N) is 1. The Morgan fingerprint density at radius 1 is 1.47 bits per heavy atom. The number of nitrogens with one attached hydrogen (secondary N) is 1. The third kappa shape index (κ3) is 4.89. The number of likely N-dealkylation sites (N-methyl/N-ethyl adjacent to an activating group) is 2. The molecular formula is C14H23N3O2. The average molecular weight is 265 g/mol. The predicted octanol–water partition coefficient (Wildman–Crippen LogP) is 0.722. The second-order valence-electron chi connectivity index (χ2n) is 4.48. The van der Waals surface area contributed by atoms with Gasteiger partial charge in [0.05, 0.1) is 13.7 Å². The van der Waals surface area contributed by atoms with Gasteiger partial charge in [-0.1, -0.05) is 12.1 Å². The number of nitrogens with zero attached hydrogens (tertiary/aromatic N) is 1. The second kappa shape index (κ2) is 7.76. The van der Waals surface area contributed by atoms with Crippen molar-refractivity contribution in [3.63, 3.8) is 0 Å². The first-order valence-corrected chi connectivity index (χ1v) is 6.41. The Hall–Kier alpha value is -1.59. The summed E-state index contributed by atoms with van der Waals surface area (Å²) in [5.74, 6) is 0.835. The molecule has 0 aliphatic carbocycles. The number of benzene rings is 1. The van der Waals surface area contributed by atoms with Gasteiger partial charge >= 0.3 is 0 Å². The fourth-order valence-corrected chi connectivity index (χ4v) is 1.92. The summed E-state index contributed by atoms with van der Waals surface area (Å²) in [5.41, 5.74) is 7.72. The van der Waals surface area contributed by atoms with Crippen LogP contribution in [0.25, 0.3) is 0 Å². The topological polar surface area (TPSA) is 67.6 Å². The maximum Gasteiger partial charge on any atom is 0.234 e. The van der Waals surface area contributed by atoms with Crippen LogP contribution >= 0.6 is 0 Å². The highest BCUT2D eigenvalue weighted by Gasteiger charge is 2.08. The van der Waals surface area contributed by atoms with Gasteiger partial charge in [0.25, 0.3) is 0 Å². The van der Waals surface area contributed by atoms with Gasteiger partial charge in [-0.3, -0.25) is 9.69 Å². The molecule has 19 heavy (non-hydrogen) atoms. The minimum absolute atomic E-state index is 0.0375. The summed E-state index contributed by atoms with van der Waals surface area (Å²) >= 11 is 0. The van der Waals surface area contributed by atoms with Crippen molar-refractivity contribution in [1.29, 1.82) is 0 Å². The SMILES string of the molecule is CCNC(=O)CN(C)Cc1ccc(CN)c(OC)c1. The van der Waals surface area contributed by atoms with Gasteiger partial charge < -0.3 is 15.8 Å². The molecule has 0 radical (unpaired) electrons. The standard InChI is InChI=1S/C14H23N3O2/c1-4-16-14(18)10-17(2)9-11-5-6-12(8-15)13(7-11)19-3/h5-7H,4,8-10,15H2,1-3H3,(H,16,18). The molecule has 0 saturated carbocycles. The van der Waals surface area contributed by atoms with Crippen molar-refractivity contribution < 1.29 is 9.53 Å². The zero-order chi connectivity index (χ0) is 14.3. The first-order chi connectivity index (χ1) is 9.10. The van der Waals surface area contributed by atoms with Crippen molar-refractivity contribution in [3.05, 3.63) is 29.3 Å². The Kier molecular flexibility index (Phi) is 6.32. The molecule has 1 amide bonds. The van der Waals surface area contributed by atoms with Crippen LogP contribution in [0.4, 0.5) is 0 Å². The molecule has 5 heteroatoms. The molecule has 0 heterocycles. The maximum absolute atomic E-state index is 11.5. The van der Waals surface area contributed by atoms with Crippen LogP contribution < -0.4 is 15.8 Å². The van der Waals surface area contributed by atoms with Gasteiger partial charge in [-0.15, -0.1) is 0 Å². The van der Waals surface area contributed by atoms with Crippen molar-refractivity contribution in [2.45, 2.75) is 20.0 Å². The van der Waals surface area contributed by atoms with Gasteiger partial charge in [0, 0.05) is 25.2 Å². The van der Waals surface area contributed by atoms with Gasteiger partial charge in [0.15, 0.2) is 0 Å². The molecule has 0 atom stereocenters. The van der Waals surface area contributed by atoms with Crippen molar-refractivity contribution >= 4 is 5.91 Å². The van der Waals surface area contributed by atoms with Gasteiger partial charge in [-0.25, -0.2) is 0 Å². The molecule has 1 aromatic carbocycles. The Bertz CT molecular complexity index is 421. The lowest BCUT2D eigenvalue weighted by molar-refractivity contribution is -0.121. The molecule has 0 aliphatic heterocycles. The van der Waals surface area contributed by atoms with Crippen molar-refractivity contribution in [2.75, 3.05) is 27.2 Å². The first kappa shape index (κ1) is 15.5. The van der Waals surface area contributed by atoms with Gasteiger partial charge in [-0.05, 0) is 25.6 Å². The van der Waals surface area contributed by atoms with E-state index in [1.165, 1.54) is 0 Å². The highest BCUT2D eigenvalue weighted by Crippen LogP contribution is 2.20. The number of rotatable bonds is 7. The summed E-state index contributed by atoms with van der Waals surface area (Å²) in [5, 5.41) is 2.78. The van der Waals surface area contributed by atoms with E-state index in [4.69, 9.17) is 10.5 Å². The zero-order valence-corrected chi connectivity index (χ0v) is 11.9. The normalized spacial score (nSPS) is 10.6. The lowest BCUT2D eigenvalue weighted by Gasteiger charge is -2.17. The van der Waals surface area contributed by atoms with E-state index in [0.29, 0.717) is 26.2 Å². The Balaban J connectivity index is 2.64. The molecular weight excluding hydrogens is 242 g/mol. The summed E-state index contributed by atoms with van der Waals surface area (Å²) in [6, 6.07) is 5.95. The number of ether oxygens (including phenoxy) is 1. The average Bonchev–Trinajstić information content (AvgIpc) is 2.38. The smallest absolute Gasteiger partial charge is 0.234 e. The van der Waals surface area contributed by atoms with E-state index in [1.807, 2.05) is 37.1 Å². The van der Waals surface area contributed by atoms with E-state index in [0.717, 1.165) is 16.9 Å². The molecule has 0 aliphatic rings. The number of methoxy groups -OCH3 is 1. The molecule has 106 valence electrons. The minimum atomic E-state index is 0.0375. The summed E-state index contributed by atoms with van der Waals surface area (Å²) in [6.07, 6.45) is 0. The van der Waals surface area contributed by atoms with Crippen LogP contribution in [0.5, 0.6) is 5.75 Å². The third-order valence-corrected chi connectivity index (χ3v) is 2.81. The lowest BCUT2D eigenvalue weighted by Crippen LogP contribution is -2.34. The molecule has 0 spiro atoms. The summed E-state index contributed by atoms with van der Waals surface area (Å²) < 4.78 is 5.30. The van der Waals surface area contributed by atoms with Gasteiger partial charge in [-0.2, -0.15) is 0 Å². The van der Waals surface area contributed by atoms with Crippen LogP contribution in [0, 0.1) is 0 Å². The molecule has 0 unspecified atom stereocenters. The van der Waals surface area contributed by atoms with Crippen molar-refractivity contribution in [3.8, 4) is 5.75 Å². The first-order valence-electron chi connectivity index (χ1n) is 6.41. The Morgan fingerprint density at radius 3 is 2.79 bits per heavy atom. The van der Waals surface area contributed by atoms with Crippen molar-refractivity contribution in [1.82, 2.24) is 10.2 Å². The monoisotopic (exact) mass is 265 g/mol. The van der Waals surface area contributed by atoms with Crippen LogP contribution in [0.15, 0.2) is 18.2 Å². The molecule has 0 aromatic heterocycles. The number of amides is 1. The quantitative estimate of drug-likeness (QED) is 0.762. The fourth-order valence-electron chi connectivity index (χ4n) is 1.92. The van der Waals surface area contributed by atoms with Crippen LogP contribution in [-0.2, 0) is 17.9 Å². The summed E-state index contributed by atoms with van der Waals surface area (Å²) in [4.78, 5) is 13.4. The van der Waals surface area contributed by atoms with E-state index >= 15 is 0 Å². The second-order valence-corrected chi connectivity index (χ2v) is 4.48. The van der Waals surface area contributed by atoms with Gasteiger partial charge in [0.1, 0.15) is 5.75 Å². The lowest BCUT2D eigenvalue weighted by atomic mass is 10.1. The van der Waals surface area contributed by atoms with Crippen LogP contribution in [0.2, 0.25) is 0 Å². The molecule has 1 aromatic rings. The fraction of sp³-hybridized carbons (Fsp3) is 0.500. The van der Waals surface area contributed by atoms with E-state index < -0.39 is 0 Å². The van der Waals surface area contributed by atoms with Crippen LogP contribution in [0.1, 0.15) is 18.1 Å². The highest BCUT2D eigenvalue weighted by atomic mass is 16.5. The number of carbonyl (C=O) groups excluding carboxylic acids is 1. The van der Waals surface area contributed by atoms with E-state index in [9.17, 15) is 4.79 Å². The molecule has 3 N–H and O–H groups in total. The largest absolute Gasteiger partial charge is 0.496 e. The molecule has 5 nitrogen and oxygen atoms in total. The molecule has 0 saturated heterocycles. The van der Waals surface area contributed by atoms with E-state index in [1.54, 1.807) is 7.11 Å². The highest BCUT2D eigenvalue weighted by molar-refractivity contribution is 5.77. The number of hydrogen-bond acceptors (Lipinski definition) is 4. The van der Waals surface area contributed by atoms with E-state index in [2.05, 4.69) is 5.32 Å². The third-order valence-electron chi connectivity index (χ3n) is 2.81. The van der Waals surface area contributed by atoms with Crippen LogP contribution in [0.3, 0.4) is 0 Å². The van der Waals surface area contributed by atoms with Crippen LogP contribution in [-0.4, -0.2) is 38.1 Å². The van der Waals surface area contributed by atoms with E-state index in [-0.39, 0.29) is 5.91 Å². The Labute approximate surface area is 114 Å². The Morgan fingerprint density at radius 2 is 2.21 bits per heavy atom. The van der Waals surface area contributed by atoms with Gasteiger partial charge in [0.2, 0.25) is 5.91 Å². The summed E-state index contributed by atoms with van der Waals surface area (Å²) in [6.45, 7) is 4.10. The van der Waals surface area contributed by atoms with Crippen molar-refractivity contribution in [2.24, 2.45) is 5.73 Å². The summed E-state index contributed by atoms with van der Waals surface area (Å²) in [7, 11) is 3.55. The number of carbonyl (C=O) groups is 1. The zero-order valence-electron chi connectivity index (χ0n) is 11.9. The maximum atomic E-state index is 11.5. The molecule has 0 bridgehead atoms. The number of hydrogen-bond donors (Lipinski definition) is 2. The molecule has 0 fully saturated rings. The molecule has 1 rings (SSSR count). The minimum Gasteiger partial charge on any atom is -0.496 e.